The molecule has 0 spiro atoms. The number of nitrogens with one attached hydrogen (secondary N) is 2. The largest absolute Gasteiger partial charge is 0.494 e. The molecule has 1 aromatic rings. The molecule has 1 fully saturated rings. The second-order valence-corrected chi connectivity index (χ2v) is 7.32. The Labute approximate surface area is 187 Å². The summed E-state index contributed by atoms with van der Waals surface area (Å²) in [6, 6.07) is 8.67. The predicted molar refractivity (Wildman–Crippen MR) is 127 cm³/mol. The Morgan fingerprint density at radius 3 is 2.64 bits per heavy atom. The van der Waals surface area contributed by atoms with Crippen LogP contribution in [-0.2, 0) is 11.3 Å². The molecule has 0 radical (unpaired) electrons. The first kappa shape index (κ1) is 25.0. The van der Waals surface area contributed by atoms with Gasteiger partial charge in [-0.1, -0.05) is 26.0 Å². The Morgan fingerprint density at radius 1 is 1.25 bits per heavy atom. The van der Waals surface area contributed by atoms with E-state index in [4.69, 9.17) is 9.47 Å². The van der Waals surface area contributed by atoms with Gasteiger partial charge in [0.1, 0.15) is 5.75 Å². The van der Waals surface area contributed by atoms with E-state index in [0.717, 1.165) is 44.6 Å². The van der Waals surface area contributed by atoms with Gasteiger partial charge in [0, 0.05) is 39.3 Å². The second kappa shape index (κ2) is 14.0. The standard InChI is InChI=1S/C21H36N4O2.HI/c1-5-27-20-8-6-7-18(14-20)15-23-21(22-4)24-16-19(13-17(2)3)25-9-11-26-12-10-25;/h6-8,14,17,19H,5,9-13,15-16H2,1-4H3,(H2,22,23,24);1H. The molecule has 7 heteroatoms. The summed E-state index contributed by atoms with van der Waals surface area (Å²) in [6.45, 7) is 12.5. The minimum atomic E-state index is 0. The summed E-state index contributed by atoms with van der Waals surface area (Å²) in [6.07, 6.45) is 1.17. The number of hydrogen-bond donors (Lipinski definition) is 2. The third-order valence-corrected chi connectivity index (χ3v) is 4.70. The lowest BCUT2D eigenvalue weighted by Crippen LogP contribution is -2.50. The quantitative estimate of drug-likeness (QED) is 0.308. The first-order valence-corrected chi connectivity index (χ1v) is 10.1. The van der Waals surface area contributed by atoms with Gasteiger partial charge in [-0.25, -0.2) is 0 Å². The van der Waals surface area contributed by atoms with Gasteiger partial charge in [-0.3, -0.25) is 9.89 Å². The Morgan fingerprint density at radius 2 is 2.00 bits per heavy atom. The highest BCUT2D eigenvalue weighted by Gasteiger charge is 2.22. The van der Waals surface area contributed by atoms with Crippen molar-refractivity contribution in [2.75, 3.05) is 46.5 Å². The molecule has 1 saturated heterocycles. The molecule has 2 rings (SSSR count). The van der Waals surface area contributed by atoms with Gasteiger partial charge in [-0.05, 0) is 37.0 Å². The van der Waals surface area contributed by atoms with Crippen LogP contribution >= 0.6 is 24.0 Å². The molecule has 1 unspecified atom stereocenters. The van der Waals surface area contributed by atoms with Gasteiger partial charge in [0.2, 0.25) is 0 Å². The number of halogens is 1. The number of ether oxygens (including phenoxy) is 2. The molecular weight excluding hydrogens is 467 g/mol. The first-order valence-electron chi connectivity index (χ1n) is 10.1. The fourth-order valence-electron chi connectivity index (χ4n) is 3.38. The van der Waals surface area contributed by atoms with Crippen LogP contribution in [0.1, 0.15) is 32.8 Å². The van der Waals surface area contributed by atoms with Crippen molar-refractivity contribution in [1.82, 2.24) is 15.5 Å². The van der Waals surface area contributed by atoms with Crippen molar-refractivity contribution in [2.45, 2.75) is 39.8 Å². The SMILES string of the molecule is CCOc1cccc(CNC(=NC)NCC(CC(C)C)N2CCOCC2)c1.I. The molecular formula is C21H37IN4O2. The monoisotopic (exact) mass is 504 g/mol. The van der Waals surface area contributed by atoms with Gasteiger partial charge in [-0.2, -0.15) is 0 Å². The normalized spacial score (nSPS) is 16.4. The zero-order chi connectivity index (χ0) is 19.5. The summed E-state index contributed by atoms with van der Waals surface area (Å²) in [5.41, 5.74) is 1.18. The molecule has 28 heavy (non-hydrogen) atoms. The van der Waals surface area contributed by atoms with Crippen molar-refractivity contribution >= 4 is 29.9 Å². The molecule has 0 saturated carbocycles. The molecule has 1 heterocycles. The highest BCUT2D eigenvalue weighted by molar-refractivity contribution is 14.0. The van der Waals surface area contributed by atoms with Crippen molar-refractivity contribution < 1.29 is 9.47 Å². The minimum Gasteiger partial charge on any atom is -0.494 e. The number of morpholine rings is 1. The second-order valence-electron chi connectivity index (χ2n) is 7.32. The number of nitrogens with zero attached hydrogens (tertiary/aromatic N) is 2. The van der Waals surface area contributed by atoms with Gasteiger partial charge in [0.15, 0.2) is 5.96 Å². The summed E-state index contributed by atoms with van der Waals surface area (Å²) in [5, 5.41) is 6.91. The Kier molecular flexibility index (Phi) is 12.5. The van der Waals surface area contributed by atoms with E-state index in [-0.39, 0.29) is 24.0 Å². The van der Waals surface area contributed by atoms with E-state index in [2.05, 4.69) is 46.5 Å². The number of guanidine groups is 1. The Bertz CT molecular complexity index is 577. The summed E-state index contributed by atoms with van der Waals surface area (Å²) >= 11 is 0. The maximum atomic E-state index is 5.57. The molecule has 160 valence electrons. The summed E-state index contributed by atoms with van der Waals surface area (Å²) < 4.78 is 11.1. The zero-order valence-corrected chi connectivity index (χ0v) is 20.1. The predicted octanol–water partition coefficient (Wildman–Crippen LogP) is 3.12. The molecule has 0 aliphatic carbocycles. The van der Waals surface area contributed by atoms with Gasteiger partial charge < -0.3 is 20.1 Å². The number of rotatable bonds is 9. The van der Waals surface area contributed by atoms with Crippen LogP contribution in [0.3, 0.4) is 0 Å². The van der Waals surface area contributed by atoms with Crippen LogP contribution in [0.2, 0.25) is 0 Å². The molecule has 0 amide bonds. The van der Waals surface area contributed by atoms with Crippen LogP contribution in [0.25, 0.3) is 0 Å². The van der Waals surface area contributed by atoms with Crippen LogP contribution in [-0.4, -0.2) is 63.4 Å². The molecule has 1 aliphatic heterocycles. The number of hydrogen-bond acceptors (Lipinski definition) is 4. The van der Waals surface area contributed by atoms with Crippen LogP contribution in [0.4, 0.5) is 0 Å². The smallest absolute Gasteiger partial charge is 0.191 e. The molecule has 2 N–H and O–H groups in total. The zero-order valence-electron chi connectivity index (χ0n) is 17.7. The summed E-state index contributed by atoms with van der Waals surface area (Å²) in [7, 11) is 1.82. The van der Waals surface area contributed by atoms with E-state index in [1.165, 1.54) is 12.0 Å². The third-order valence-electron chi connectivity index (χ3n) is 4.70. The molecule has 6 nitrogen and oxygen atoms in total. The van der Waals surface area contributed by atoms with Crippen LogP contribution < -0.4 is 15.4 Å². The van der Waals surface area contributed by atoms with E-state index >= 15 is 0 Å². The lowest BCUT2D eigenvalue weighted by molar-refractivity contribution is 0.0132. The van der Waals surface area contributed by atoms with Crippen molar-refractivity contribution in [1.29, 1.82) is 0 Å². The highest BCUT2D eigenvalue weighted by atomic mass is 127. The molecule has 1 atom stereocenters. The van der Waals surface area contributed by atoms with E-state index < -0.39 is 0 Å². The number of aliphatic imine (C=N–C) groups is 1. The highest BCUT2D eigenvalue weighted by Crippen LogP contribution is 2.14. The number of benzene rings is 1. The molecule has 0 aromatic heterocycles. The molecule has 1 aliphatic rings. The average Bonchev–Trinajstić information content (AvgIpc) is 2.68. The van der Waals surface area contributed by atoms with Crippen molar-refractivity contribution in [3.8, 4) is 5.75 Å². The first-order chi connectivity index (χ1) is 13.1. The Hall–Kier alpha value is -1.06. The van der Waals surface area contributed by atoms with E-state index in [1.54, 1.807) is 0 Å². The molecule has 0 bridgehead atoms. The summed E-state index contributed by atoms with van der Waals surface area (Å²) in [4.78, 5) is 6.92. The maximum absolute atomic E-state index is 5.57. The lowest BCUT2D eigenvalue weighted by Gasteiger charge is -2.35. The minimum absolute atomic E-state index is 0. The van der Waals surface area contributed by atoms with Gasteiger partial charge in [-0.15, -0.1) is 24.0 Å². The van der Waals surface area contributed by atoms with Gasteiger partial charge in [0.05, 0.1) is 19.8 Å². The van der Waals surface area contributed by atoms with E-state index in [0.29, 0.717) is 25.1 Å². The van der Waals surface area contributed by atoms with Crippen molar-refractivity contribution in [3.63, 3.8) is 0 Å². The lowest BCUT2D eigenvalue weighted by atomic mass is 10.0. The average molecular weight is 504 g/mol. The van der Waals surface area contributed by atoms with Gasteiger partial charge >= 0.3 is 0 Å². The maximum Gasteiger partial charge on any atom is 0.191 e. The molecule has 1 aromatic carbocycles. The van der Waals surface area contributed by atoms with Gasteiger partial charge in [0.25, 0.3) is 0 Å². The summed E-state index contributed by atoms with van der Waals surface area (Å²) in [5.74, 6) is 2.40. The van der Waals surface area contributed by atoms with Crippen molar-refractivity contribution in [2.24, 2.45) is 10.9 Å². The third kappa shape index (κ3) is 8.96. The van der Waals surface area contributed by atoms with Crippen LogP contribution in [0, 0.1) is 5.92 Å². The van der Waals surface area contributed by atoms with Crippen LogP contribution in [0.5, 0.6) is 5.75 Å². The van der Waals surface area contributed by atoms with E-state index in [9.17, 15) is 0 Å². The fraction of sp³-hybridized carbons (Fsp3) is 0.667. The van der Waals surface area contributed by atoms with E-state index in [1.807, 2.05) is 26.1 Å². The topological polar surface area (TPSA) is 58.1 Å². The fourth-order valence-corrected chi connectivity index (χ4v) is 3.38. The van der Waals surface area contributed by atoms with Crippen molar-refractivity contribution in [3.05, 3.63) is 29.8 Å². The Balaban J connectivity index is 0.00000392. The van der Waals surface area contributed by atoms with Crippen LogP contribution in [0.15, 0.2) is 29.3 Å².